The first kappa shape index (κ1) is 110. The molecular formula is C88H168N2O18P2S2-2. The second kappa shape index (κ2) is 85.2. The molecule has 0 aliphatic rings. The topological polar surface area (TPSA) is 288 Å². The van der Waals surface area contributed by atoms with Gasteiger partial charge in [0.05, 0.1) is 39.5 Å². The van der Waals surface area contributed by atoms with Crippen LogP contribution in [0.4, 0.5) is 0 Å². The third-order valence-electron chi connectivity index (χ3n) is 20.4. The summed E-state index contributed by atoms with van der Waals surface area (Å²) in [4.78, 5) is 80.4. The SMILES string of the molecule is CCCCCCCCCCCCCCCCCC(=O)OCC(COP(=O)(O)OCCN=C([O-])CCSSCCC([O-])=NCCOP(=O)(O)OCC(COC(=O)CCCCCCCCCCCCCCCCC)OC(=O)CCCCCCCCCCCCCCCCC)OC(=O)CCCCCCCCCCCCCCCCC. The van der Waals surface area contributed by atoms with Crippen molar-refractivity contribution >= 4 is 72.9 Å². The van der Waals surface area contributed by atoms with Gasteiger partial charge >= 0.3 is 39.5 Å². The zero-order valence-electron chi connectivity index (χ0n) is 71.9. The van der Waals surface area contributed by atoms with Crippen molar-refractivity contribution in [3.05, 3.63) is 0 Å². The van der Waals surface area contributed by atoms with E-state index in [-0.39, 0.29) is 64.8 Å². The van der Waals surface area contributed by atoms with E-state index >= 15 is 0 Å². The van der Waals surface area contributed by atoms with Gasteiger partial charge in [0.2, 0.25) is 0 Å². The Morgan fingerprint density at radius 3 is 0.696 bits per heavy atom. The molecule has 0 bridgehead atoms. The van der Waals surface area contributed by atoms with Crippen LogP contribution in [0.25, 0.3) is 0 Å². The Hall–Kier alpha value is -2.26. The molecule has 0 aromatic rings. The van der Waals surface area contributed by atoms with Crippen LogP contribution in [0.15, 0.2) is 9.98 Å². The summed E-state index contributed by atoms with van der Waals surface area (Å²) < 4.78 is 68.7. The van der Waals surface area contributed by atoms with Crippen molar-refractivity contribution in [3.63, 3.8) is 0 Å². The summed E-state index contributed by atoms with van der Waals surface area (Å²) in [5, 5.41) is 25.1. The molecule has 2 N–H and O–H groups in total. The van der Waals surface area contributed by atoms with Crippen LogP contribution in [0.3, 0.4) is 0 Å². The second-order valence-corrected chi connectivity index (χ2v) is 36.9. The van der Waals surface area contributed by atoms with Crippen LogP contribution in [-0.4, -0.2) is 122 Å². The van der Waals surface area contributed by atoms with Crippen molar-refractivity contribution in [2.75, 3.05) is 64.2 Å². The third-order valence-corrected chi connectivity index (χ3v) is 24.8. The van der Waals surface area contributed by atoms with Crippen LogP contribution in [0.1, 0.15) is 451 Å². The fourth-order valence-electron chi connectivity index (χ4n) is 13.4. The number of unbranched alkanes of at least 4 members (excludes halogenated alkanes) is 56. The maximum absolute atomic E-state index is 13.0. The van der Waals surface area contributed by atoms with Gasteiger partial charge in [0, 0.05) is 37.2 Å². The van der Waals surface area contributed by atoms with E-state index in [1.807, 2.05) is 0 Å². The smallest absolute Gasteiger partial charge is 0.472 e. The minimum Gasteiger partial charge on any atom is -0.862 e. The Balaban J connectivity index is 4.96. The molecule has 24 heteroatoms. The van der Waals surface area contributed by atoms with Crippen molar-refractivity contribution in [2.24, 2.45) is 9.98 Å². The van der Waals surface area contributed by atoms with Crippen LogP contribution < -0.4 is 10.2 Å². The monoisotopic (exact) mass is 1670 g/mol. The van der Waals surface area contributed by atoms with Crippen LogP contribution in [0.2, 0.25) is 0 Å². The number of carbonyl (C=O) groups is 4. The number of esters is 4. The number of aliphatic imine (C=N–C) groups is 2. The average Bonchev–Trinajstić information content (AvgIpc) is 0.912. The molecule has 0 aromatic heterocycles. The molecule has 0 saturated carbocycles. The summed E-state index contributed by atoms with van der Waals surface area (Å²) in [6, 6.07) is 0. The number of ether oxygens (including phenoxy) is 4. The minimum atomic E-state index is -4.70. The van der Waals surface area contributed by atoms with Crippen LogP contribution in [-0.2, 0) is 65.4 Å². The number of hydrogen-bond donors (Lipinski definition) is 2. The predicted octanol–water partition coefficient (Wildman–Crippen LogP) is 24.9. The third kappa shape index (κ3) is 84.2. The molecule has 0 amide bonds. The van der Waals surface area contributed by atoms with E-state index in [1.54, 1.807) is 0 Å². The molecule has 0 aliphatic heterocycles. The molecule has 0 aromatic carbocycles. The number of rotatable bonds is 91. The zero-order chi connectivity index (χ0) is 81.8. The van der Waals surface area contributed by atoms with Gasteiger partial charge in [0.15, 0.2) is 12.2 Å². The van der Waals surface area contributed by atoms with Gasteiger partial charge in [-0.25, -0.2) is 9.13 Å². The lowest BCUT2D eigenvalue weighted by Crippen LogP contribution is -2.29. The van der Waals surface area contributed by atoms with Gasteiger partial charge in [-0.05, 0) is 50.3 Å². The summed E-state index contributed by atoms with van der Waals surface area (Å²) in [6.45, 7) is 5.93. The van der Waals surface area contributed by atoms with Gasteiger partial charge < -0.3 is 48.9 Å². The van der Waals surface area contributed by atoms with Gasteiger partial charge in [-0.1, -0.05) is 409 Å². The van der Waals surface area contributed by atoms with E-state index in [0.29, 0.717) is 37.2 Å². The molecule has 112 heavy (non-hydrogen) atoms. The molecule has 0 rings (SSSR count). The fourth-order valence-corrected chi connectivity index (χ4v) is 16.9. The first-order valence-electron chi connectivity index (χ1n) is 46.1. The molecule has 0 spiro atoms. The van der Waals surface area contributed by atoms with E-state index in [4.69, 9.17) is 37.0 Å². The molecule has 20 nitrogen and oxygen atoms in total. The van der Waals surface area contributed by atoms with Gasteiger partial charge in [0.25, 0.3) is 0 Å². The highest BCUT2D eigenvalue weighted by molar-refractivity contribution is 8.76. The Labute approximate surface area is 692 Å². The van der Waals surface area contributed by atoms with Crippen LogP contribution in [0, 0.1) is 0 Å². The van der Waals surface area contributed by atoms with Crippen LogP contribution >= 0.6 is 37.2 Å². The number of hydrogen-bond acceptors (Lipinski definition) is 20. The van der Waals surface area contributed by atoms with E-state index in [1.165, 1.54) is 304 Å². The van der Waals surface area contributed by atoms with E-state index in [0.717, 1.165) is 77.0 Å². The number of phosphoric ester groups is 2. The molecule has 0 heterocycles. The summed E-state index contributed by atoms with van der Waals surface area (Å²) >= 11 is 0. The average molecular weight is 1670 g/mol. The standard InChI is InChI=1S/C88H170N2O18P2S2/c1-5-9-13-17-21-25-29-33-37-41-45-49-53-57-61-65-85(93)101-77-81(107-87(95)67-63-59-55-51-47-43-39-35-31-27-23-19-15-11-7-3)79-105-109(97,98)103-73-71-89-83(91)69-75-111-112-76-70-84(92)90-72-74-104-110(99,100)106-80-82(108-88(96)68-64-60-56-52-48-44-40-36-32-28-24-20-16-12-8-4)78-102-86(94)66-62-58-54-50-46-42-38-34-30-26-22-18-14-10-6-2/h81-82H,5-80H2,1-4H3,(H,89,91)(H,90,92)(H,97,98)(H,99,100)/p-2. The lowest BCUT2D eigenvalue weighted by molar-refractivity contribution is -0.219. The lowest BCUT2D eigenvalue weighted by Gasteiger charge is -2.20. The van der Waals surface area contributed by atoms with Crippen molar-refractivity contribution in [3.8, 4) is 0 Å². The maximum atomic E-state index is 13.0. The summed E-state index contributed by atoms with van der Waals surface area (Å²) in [6.07, 6.45) is 70.7. The molecule has 4 atom stereocenters. The van der Waals surface area contributed by atoms with Crippen molar-refractivity contribution in [1.29, 1.82) is 0 Å². The Morgan fingerprint density at radius 2 is 0.482 bits per heavy atom. The van der Waals surface area contributed by atoms with E-state index in [2.05, 4.69) is 37.7 Å². The number of phosphoric acid groups is 2. The molecule has 0 aliphatic carbocycles. The molecule has 0 saturated heterocycles. The minimum absolute atomic E-state index is 0.0575. The molecular weight excluding hydrogens is 1500 g/mol. The number of carbonyl (C=O) groups excluding carboxylic acids is 4. The first-order valence-corrected chi connectivity index (χ1v) is 51.6. The van der Waals surface area contributed by atoms with Gasteiger partial charge in [-0.2, -0.15) is 0 Å². The van der Waals surface area contributed by atoms with Gasteiger partial charge in [-0.3, -0.25) is 37.3 Å². The molecule has 4 unspecified atom stereocenters. The van der Waals surface area contributed by atoms with Crippen LogP contribution in [0.5, 0.6) is 0 Å². The van der Waals surface area contributed by atoms with E-state index in [9.17, 15) is 48.3 Å². The highest BCUT2D eigenvalue weighted by Crippen LogP contribution is 2.44. The van der Waals surface area contributed by atoms with Crippen molar-refractivity contribution < 1.29 is 85.4 Å². The first-order chi connectivity index (χ1) is 54.6. The lowest BCUT2D eigenvalue weighted by atomic mass is 10.0. The van der Waals surface area contributed by atoms with Crippen molar-refractivity contribution in [2.45, 2.75) is 464 Å². The zero-order valence-corrected chi connectivity index (χ0v) is 75.3. The fraction of sp³-hybridized carbons (Fsp3) is 0.932. The maximum Gasteiger partial charge on any atom is 0.472 e. The highest BCUT2D eigenvalue weighted by Gasteiger charge is 2.28. The van der Waals surface area contributed by atoms with Crippen molar-refractivity contribution in [1.82, 2.24) is 0 Å². The Kier molecular flexibility index (Phi) is 83.4. The van der Waals surface area contributed by atoms with Gasteiger partial charge in [0.1, 0.15) is 13.2 Å². The largest absolute Gasteiger partial charge is 0.862 e. The quantitative estimate of drug-likeness (QED) is 0.0109. The Bertz CT molecular complexity index is 2120. The predicted molar refractivity (Wildman–Crippen MR) is 462 cm³/mol. The summed E-state index contributed by atoms with van der Waals surface area (Å²) in [5.41, 5.74) is 0. The second-order valence-electron chi connectivity index (χ2n) is 31.3. The Morgan fingerprint density at radius 1 is 0.286 bits per heavy atom. The highest BCUT2D eigenvalue weighted by atomic mass is 33.1. The number of nitrogens with zero attached hydrogens (tertiary/aromatic N) is 2. The van der Waals surface area contributed by atoms with E-state index < -0.39 is 90.0 Å². The van der Waals surface area contributed by atoms with Gasteiger partial charge in [-0.15, -0.1) is 0 Å². The normalized spacial score (nSPS) is 13.6. The summed E-state index contributed by atoms with van der Waals surface area (Å²) in [5.74, 6) is -2.10. The molecule has 0 radical (unpaired) electrons. The summed E-state index contributed by atoms with van der Waals surface area (Å²) in [7, 11) is -6.70. The molecule has 0 fully saturated rings. The molecule has 662 valence electrons.